The highest BCUT2D eigenvalue weighted by molar-refractivity contribution is 9.10. The zero-order valence-electron chi connectivity index (χ0n) is 12.0. The fourth-order valence-electron chi connectivity index (χ4n) is 2.11. The molecule has 0 aliphatic heterocycles. The molecule has 0 radical (unpaired) electrons. The van der Waals surface area contributed by atoms with Gasteiger partial charge in [0.15, 0.2) is 5.65 Å². The van der Waals surface area contributed by atoms with E-state index in [1.165, 1.54) is 0 Å². The molecule has 0 spiro atoms. The largest absolute Gasteiger partial charge is 0.382 e. The van der Waals surface area contributed by atoms with Crippen molar-refractivity contribution >= 4 is 38.7 Å². The SMILES string of the molecule is COCCOCCCn1c(CCCl)nc2cc(Br)cnc21. The number of hydrogen-bond acceptors (Lipinski definition) is 4. The topological polar surface area (TPSA) is 49.2 Å². The van der Waals surface area contributed by atoms with Gasteiger partial charge in [0.05, 0.1) is 13.2 Å². The lowest BCUT2D eigenvalue weighted by Gasteiger charge is -2.08. The number of aromatic nitrogens is 3. The lowest BCUT2D eigenvalue weighted by atomic mass is 10.4. The number of imidazole rings is 1. The van der Waals surface area contributed by atoms with Crippen LogP contribution in [-0.2, 0) is 22.4 Å². The molecule has 2 aromatic rings. The van der Waals surface area contributed by atoms with Crippen LogP contribution in [0, 0.1) is 0 Å². The quantitative estimate of drug-likeness (QED) is 0.498. The van der Waals surface area contributed by atoms with Crippen molar-refractivity contribution in [1.82, 2.24) is 14.5 Å². The van der Waals surface area contributed by atoms with Crippen molar-refractivity contribution in [3.8, 4) is 0 Å². The molecule has 0 fully saturated rings. The Morgan fingerprint density at radius 3 is 2.95 bits per heavy atom. The molecule has 0 amide bonds. The number of ether oxygens (including phenoxy) is 2. The van der Waals surface area contributed by atoms with Crippen molar-refractivity contribution in [2.24, 2.45) is 0 Å². The standard InChI is InChI=1S/C14H19BrClN3O2/c1-20-7-8-21-6-2-5-19-13(3-4-16)18-12-9-11(15)10-17-14(12)19/h9-10H,2-8H2,1H3. The molecule has 0 aliphatic rings. The summed E-state index contributed by atoms with van der Waals surface area (Å²) in [5.41, 5.74) is 1.79. The minimum Gasteiger partial charge on any atom is -0.382 e. The third-order valence-corrected chi connectivity index (χ3v) is 3.67. The van der Waals surface area contributed by atoms with E-state index in [9.17, 15) is 0 Å². The molecule has 2 rings (SSSR count). The summed E-state index contributed by atoms with van der Waals surface area (Å²) in [6.07, 6.45) is 3.43. The minimum atomic E-state index is 0.550. The molecule has 0 atom stereocenters. The molecule has 0 saturated heterocycles. The van der Waals surface area contributed by atoms with Gasteiger partial charge in [-0.2, -0.15) is 0 Å². The van der Waals surface area contributed by atoms with Crippen molar-refractivity contribution < 1.29 is 9.47 Å². The molecule has 0 N–H and O–H groups in total. The first-order chi connectivity index (χ1) is 10.3. The first-order valence-corrected chi connectivity index (χ1v) is 8.22. The Bertz CT molecular complexity index is 577. The number of nitrogens with zero attached hydrogens (tertiary/aromatic N) is 3. The Labute approximate surface area is 137 Å². The van der Waals surface area contributed by atoms with Crippen molar-refractivity contribution in [1.29, 1.82) is 0 Å². The molecule has 116 valence electrons. The predicted molar refractivity (Wildman–Crippen MR) is 87.0 cm³/mol. The van der Waals surface area contributed by atoms with Crippen molar-refractivity contribution in [3.05, 3.63) is 22.6 Å². The van der Waals surface area contributed by atoms with Crippen LogP contribution in [0.25, 0.3) is 11.2 Å². The fourth-order valence-corrected chi connectivity index (χ4v) is 2.60. The summed E-state index contributed by atoms with van der Waals surface area (Å²) < 4.78 is 13.5. The normalized spacial score (nSPS) is 11.4. The van der Waals surface area contributed by atoms with Crippen LogP contribution in [0.1, 0.15) is 12.2 Å². The summed E-state index contributed by atoms with van der Waals surface area (Å²) in [6.45, 7) is 2.77. The molecule has 21 heavy (non-hydrogen) atoms. The third kappa shape index (κ3) is 4.64. The number of pyridine rings is 1. The molecular weight excluding hydrogens is 358 g/mol. The van der Waals surface area contributed by atoms with Crippen LogP contribution in [-0.4, -0.2) is 47.3 Å². The number of fused-ring (bicyclic) bond motifs is 1. The molecule has 0 saturated carbocycles. The molecule has 7 heteroatoms. The van der Waals surface area contributed by atoms with Gasteiger partial charge in [-0.25, -0.2) is 9.97 Å². The first-order valence-electron chi connectivity index (χ1n) is 6.89. The first kappa shape index (κ1) is 16.7. The zero-order chi connectivity index (χ0) is 15.1. The average molecular weight is 377 g/mol. The lowest BCUT2D eigenvalue weighted by molar-refractivity contribution is 0.0680. The maximum Gasteiger partial charge on any atom is 0.160 e. The van der Waals surface area contributed by atoms with Crippen LogP contribution in [0.4, 0.5) is 0 Å². The van der Waals surface area contributed by atoms with Gasteiger partial charge in [-0.05, 0) is 28.4 Å². The van der Waals surface area contributed by atoms with Crippen LogP contribution in [0.15, 0.2) is 16.7 Å². The second kappa shape index (κ2) is 8.68. The molecular formula is C14H19BrClN3O2. The van der Waals surface area contributed by atoms with Gasteiger partial charge in [0.2, 0.25) is 0 Å². The van der Waals surface area contributed by atoms with Gasteiger partial charge < -0.3 is 14.0 Å². The molecule has 5 nitrogen and oxygen atoms in total. The van der Waals surface area contributed by atoms with Gasteiger partial charge in [0.25, 0.3) is 0 Å². The molecule has 0 aliphatic carbocycles. The maximum atomic E-state index is 5.86. The fraction of sp³-hybridized carbons (Fsp3) is 0.571. The van der Waals surface area contributed by atoms with Crippen LogP contribution in [0.2, 0.25) is 0 Å². The summed E-state index contributed by atoms with van der Waals surface area (Å²) in [5.74, 6) is 1.52. The highest BCUT2D eigenvalue weighted by Gasteiger charge is 2.11. The van der Waals surface area contributed by atoms with Gasteiger partial charge in [-0.1, -0.05) is 0 Å². The molecule has 0 aromatic carbocycles. The Balaban J connectivity index is 2.04. The number of alkyl halides is 1. The molecule has 2 aromatic heterocycles. The monoisotopic (exact) mass is 375 g/mol. The van der Waals surface area contributed by atoms with Gasteiger partial charge in [-0.15, -0.1) is 11.6 Å². The number of aryl methyl sites for hydroxylation is 2. The van der Waals surface area contributed by atoms with E-state index in [4.69, 9.17) is 21.1 Å². The number of methoxy groups -OCH3 is 1. The van der Waals surface area contributed by atoms with Crippen LogP contribution >= 0.6 is 27.5 Å². The van der Waals surface area contributed by atoms with E-state index in [0.29, 0.717) is 25.7 Å². The number of rotatable bonds is 9. The van der Waals surface area contributed by atoms with E-state index in [1.807, 2.05) is 6.07 Å². The van der Waals surface area contributed by atoms with Crippen molar-refractivity contribution in [3.63, 3.8) is 0 Å². The van der Waals surface area contributed by atoms with E-state index in [2.05, 4.69) is 30.5 Å². The van der Waals surface area contributed by atoms with Gasteiger partial charge >= 0.3 is 0 Å². The van der Waals surface area contributed by atoms with E-state index in [0.717, 1.165) is 40.8 Å². The summed E-state index contributed by atoms with van der Waals surface area (Å²) in [5, 5.41) is 0. The lowest BCUT2D eigenvalue weighted by Crippen LogP contribution is -2.09. The molecule has 0 unspecified atom stereocenters. The van der Waals surface area contributed by atoms with Crippen molar-refractivity contribution in [2.45, 2.75) is 19.4 Å². The van der Waals surface area contributed by atoms with Crippen LogP contribution < -0.4 is 0 Å². The Morgan fingerprint density at radius 2 is 2.19 bits per heavy atom. The van der Waals surface area contributed by atoms with Crippen molar-refractivity contribution in [2.75, 3.05) is 32.8 Å². The van der Waals surface area contributed by atoms with E-state index < -0.39 is 0 Å². The predicted octanol–water partition coefficient (Wildman–Crippen LogP) is 3.03. The summed E-state index contributed by atoms with van der Waals surface area (Å²) in [6, 6.07) is 1.98. The van der Waals surface area contributed by atoms with E-state index >= 15 is 0 Å². The summed E-state index contributed by atoms with van der Waals surface area (Å²) in [7, 11) is 1.67. The van der Waals surface area contributed by atoms with E-state index in [1.54, 1.807) is 13.3 Å². The molecule has 0 bridgehead atoms. The van der Waals surface area contributed by atoms with Gasteiger partial charge in [-0.3, -0.25) is 0 Å². The van der Waals surface area contributed by atoms with Crippen LogP contribution in [0.3, 0.4) is 0 Å². The Hall–Kier alpha value is -0.690. The number of halogens is 2. The molecule has 2 heterocycles. The smallest absolute Gasteiger partial charge is 0.160 e. The highest BCUT2D eigenvalue weighted by atomic mass is 79.9. The zero-order valence-corrected chi connectivity index (χ0v) is 14.4. The number of hydrogen-bond donors (Lipinski definition) is 0. The Morgan fingerprint density at radius 1 is 1.33 bits per heavy atom. The maximum absolute atomic E-state index is 5.86. The highest BCUT2D eigenvalue weighted by Crippen LogP contribution is 2.19. The minimum absolute atomic E-state index is 0.550. The van der Waals surface area contributed by atoms with E-state index in [-0.39, 0.29) is 0 Å². The summed E-state index contributed by atoms with van der Waals surface area (Å²) in [4.78, 5) is 9.08. The van der Waals surface area contributed by atoms with Crippen LogP contribution in [0.5, 0.6) is 0 Å². The summed E-state index contributed by atoms with van der Waals surface area (Å²) >= 11 is 9.29. The Kier molecular flexibility index (Phi) is 6.89. The van der Waals surface area contributed by atoms with Gasteiger partial charge in [0.1, 0.15) is 11.3 Å². The second-order valence-corrected chi connectivity index (χ2v) is 5.87. The average Bonchev–Trinajstić information content (AvgIpc) is 2.80. The van der Waals surface area contributed by atoms with Gasteiger partial charge in [0, 0.05) is 43.2 Å². The third-order valence-electron chi connectivity index (χ3n) is 3.05. The second-order valence-electron chi connectivity index (χ2n) is 4.57.